The van der Waals surface area contributed by atoms with Gasteiger partial charge in [-0.25, -0.2) is 0 Å². The number of hydrogen-bond donors (Lipinski definition) is 2. The predicted octanol–water partition coefficient (Wildman–Crippen LogP) is 3.65. The van der Waals surface area contributed by atoms with Crippen LogP contribution in [0, 0.1) is 8.99 Å². The van der Waals surface area contributed by atoms with E-state index in [2.05, 4.69) is 27.9 Å². The number of benzene rings is 1. The second kappa shape index (κ2) is 5.35. The highest BCUT2D eigenvalue weighted by Crippen LogP contribution is 2.31. The summed E-state index contributed by atoms with van der Waals surface area (Å²) in [5, 5.41) is 3.36. The normalized spacial score (nSPS) is 12.4. The van der Waals surface area contributed by atoms with Crippen LogP contribution in [0.25, 0.3) is 0 Å². The zero-order chi connectivity index (χ0) is 14.1. The molecular formula is C13H18ClIN2O. The molecule has 3 N–H and O–H groups in total. The average Bonchev–Trinajstić information content (AvgIpc) is 2.20. The molecule has 0 atom stereocenters. The molecule has 18 heavy (non-hydrogen) atoms. The number of hydrogen-bond acceptors (Lipinski definition) is 2. The molecule has 0 aliphatic carbocycles. The van der Waals surface area contributed by atoms with E-state index < -0.39 is 11.0 Å². The summed E-state index contributed by atoms with van der Waals surface area (Å²) in [5.41, 5.74) is 5.33. The topological polar surface area (TPSA) is 55.1 Å². The van der Waals surface area contributed by atoms with Gasteiger partial charge in [0.2, 0.25) is 5.91 Å². The number of carbonyl (C=O) groups excluding carboxylic acids is 1. The zero-order valence-electron chi connectivity index (χ0n) is 11.0. The summed E-state index contributed by atoms with van der Waals surface area (Å²) >= 11 is 8.25. The van der Waals surface area contributed by atoms with E-state index in [1.54, 1.807) is 12.1 Å². The van der Waals surface area contributed by atoms with Crippen molar-refractivity contribution in [1.82, 2.24) is 0 Å². The van der Waals surface area contributed by atoms with Gasteiger partial charge in [0, 0.05) is 9.11 Å². The Bertz CT molecular complexity index is 467. The standard InChI is InChI=1S/C13H18ClIN2O/c1-12(2,13(3,4)16)11(18)17-10-6-5-8(15)7-9(10)14/h5-7H,16H2,1-4H3,(H,17,18). The molecule has 1 aromatic carbocycles. The van der Waals surface area contributed by atoms with Gasteiger partial charge in [-0.2, -0.15) is 0 Å². The van der Waals surface area contributed by atoms with E-state index in [1.807, 2.05) is 33.8 Å². The molecule has 0 bridgehead atoms. The van der Waals surface area contributed by atoms with Crippen LogP contribution in [0.3, 0.4) is 0 Å². The lowest BCUT2D eigenvalue weighted by atomic mass is 9.74. The number of halogens is 2. The molecule has 1 amide bonds. The number of nitrogens with one attached hydrogen (secondary N) is 1. The molecule has 0 saturated carbocycles. The Morgan fingerprint density at radius 1 is 1.33 bits per heavy atom. The molecule has 0 saturated heterocycles. The highest BCUT2D eigenvalue weighted by molar-refractivity contribution is 14.1. The number of carbonyl (C=O) groups is 1. The first-order chi connectivity index (χ1) is 8.05. The number of rotatable bonds is 3. The third kappa shape index (κ3) is 3.36. The quantitative estimate of drug-likeness (QED) is 0.787. The molecule has 0 aromatic heterocycles. The van der Waals surface area contributed by atoms with E-state index in [1.165, 1.54) is 0 Å². The lowest BCUT2D eigenvalue weighted by Gasteiger charge is -2.36. The van der Waals surface area contributed by atoms with E-state index in [9.17, 15) is 4.79 Å². The van der Waals surface area contributed by atoms with Crippen molar-refractivity contribution in [2.45, 2.75) is 33.2 Å². The van der Waals surface area contributed by atoms with Crippen molar-refractivity contribution in [2.24, 2.45) is 11.1 Å². The fourth-order valence-electron chi connectivity index (χ4n) is 1.16. The first kappa shape index (κ1) is 15.7. The molecule has 3 nitrogen and oxygen atoms in total. The molecule has 0 unspecified atom stereocenters. The summed E-state index contributed by atoms with van der Waals surface area (Å²) in [5.74, 6) is -0.141. The first-order valence-corrected chi connectivity index (χ1v) is 7.07. The largest absolute Gasteiger partial charge is 0.325 e. The molecule has 1 rings (SSSR count). The molecule has 0 aliphatic heterocycles. The Morgan fingerprint density at radius 2 is 1.89 bits per heavy atom. The van der Waals surface area contributed by atoms with Crippen molar-refractivity contribution in [3.8, 4) is 0 Å². The Hall–Kier alpha value is -0.330. The number of anilines is 1. The van der Waals surface area contributed by atoms with Crippen molar-refractivity contribution in [3.63, 3.8) is 0 Å². The van der Waals surface area contributed by atoms with Crippen molar-refractivity contribution in [2.75, 3.05) is 5.32 Å². The number of amides is 1. The molecule has 0 radical (unpaired) electrons. The van der Waals surface area contributed by atoms with E-state index in [0.717, 1.165) is 3.57 Å². The van der Waals surface area contributed by atoms with Gasteiger partial charge in [-0.3, -0.25) is 4.79 Å². The van der Waals surface area contributed by atoms with Crippen molar-refractivity contribution < 1.29 is 4.79 Å². The summed E-state index contributed by atoms with van der Waals surface area (Å²) < 4.78 is 1.02. The maximum absolute atomic E-state index is 12.3. The van der Waals surface area contributed by atoms with Crippen LogP contribution in [0.4, 0.5) is 5.69 Å². The van der Waals surface area contributed by atoms with Gasteiger partial charge < -0.3 is 11.1 Å². The van der Waals surface area contributed by atoms with Crippen molar-refractivity contribution >= 4 is 45.8 Å². The minimum Gasteiger partial charge on any atom is -0.325 e. The molecule has 5 heteroatoms. The fourth-order valence-corrected chi connectivity index (χ4v) is 2.07. The van der Waals surface area contributed by atoms with Crippen LogP contribution in [-0.4, -0.2) is 11.4 Å². The molecule has 100 valence electrons. The summed E-state index contributed by atoms with van der Waals surface area (Å²) in [6.07, 6.45) is 0. The lowest BCUT2D eigenvalue weighted by Crippen LogP contribution is -2.53. The maximum Gasteiger partial charge on any atom is 0.231 e. The minimum absolute atomic E-state index is 0.141. The van der Waals surface area contributed by atoms with Gasteiger partial charge in [0.25, 0.3) is 0 Å². The summed E-state index contributed by atoms with van der Waals surface area (Å²) in [6, 6.07) is 5.49. The Balaban J connectivity index is 2.95. The van der Waals surface area contributed by atoms with Crippen LogP contribution >= 0.6 is 34.2 Å². The van der Waals surface area contributed by atoms with E-state index in [-0.39, 0.29) is 5.91 Å². The van der Waals surface area contributed by atoms with E-state index in [0.29, 0.717) is 10.7 Å². The molecule has 0 heterocycles. The third-order valence-corrected chi connectivity index (χ3v) is 4.34. The van der Waals surface area contributed by atoms with Gasteiger partial charge in [-0.05, 0) is 68.5 Å². The Kier molecular flexibility index (Phi) is 4.67. The van der Waals surface area contributed by atoms with Gasteiger partial charge >= 0.3 is 0 Å². The van der Waals surface area contributed by atoms with Crippen LogP contribution in [0.1, 0.15) is 27.7 Å². The second-order valence-electron chi connectivity index (χ2n) is 5.42. The van der Waals surface area contributed by atoms with Crippen LogP contribution in [0.15, 0.2) is 18.2 Å². The van der Waals surface area contributed by atoms with E-state index >= 15 is 0 Å². The fraction of sp³-hybridized carbons (Fsp3) is 0.462. The first-order valence-electron chi connectivity index (χ1n) is 5.61. The molecule has 0 spiro atoms. The molecular weight excluding hydrogens is 363 g/mol. The smallest absolute Gasteiger partial charge is 0.231 e. The molecule has 1 aromatic rings. The molecule has 0 fully saturated rings. The van der Waals surface area contributed by atoms with Gasteiger partial charge in [0.05, 0.1) is 16.1 Å². The van der Waals surface area contributed by atoms with Crippen LogP contribution in [0.2, 0.25) is 5.02 Å². The van der Waals surface area contributed by atoms with Gasteiger partial charge in [-0.15, -0.1) is 0 Å². The third-order valence-electron chi connectivity index (χ3n) is 3.36. The zero-order valence-corrected chi connectivity index (χ0v) is 13.9. The SMILES string of the molecule is CC(C)(N)C(C)(C)C(=O)Nc1ccc(I)cc1Cl. The van der Waals surface area contributed by atoms with Crippen LogP contribution < -0.4 is 11.1 Å². The van der Waals surface area contributed by atoms with Crippen LogP contribution in [0.5, 0.6) is 0 Å². The summed E-state index contributed by atoms with van der Waals surface area (Å²) in [6.45, 7) is 7.32. The second-order valence-corrected chi connectivity index (χ2v) is 7.08. The van der Waals surface area contributed by atoms with Gasteiger partial charge in [0.1, 0.15) is 0 Å². The van der Waals surface area contributed by atoms with Crippen molar-refractivity contribution in [3.05, 3.63) is 26.8 Å². The van der Waals surface area contributed by atoms with E-state index in [4.69, 9.17) is 17.3 Å². The minimum atomic E-state index is -0.695. The lowest BCUT2D eigenvalue weighted by molar-refractivity contribution is -0.126. The highest BCUT2D eigenvalue weighted by Gasteiger charge is 2.40. The summed E-state index contributed by atoms with van der Waals surface area (Å²) in [4.78, 5) is 12.3. The monoisotopic (exact) mass is 380 g/mol. The van der Waals surface area contributed by atoms with Gasteiger partial charge in [0.15, 0.2) is 0 Å². The van der Waals surface area contributed by atoms with Crippen LogP contribution in [-0.2, 0) is 4.79 Å². The predicted molar refractivity (Wildman–Crippen MR) is 84.8 cm³/mol. The highest BCUT2D eigenvalue weighted by atomic mass is 127. The maximum atomic E-state index is 12.3. The Labute approximate surface area is 127 Å². The number of nitrogens with two attached hydrogens (primary N) is 1. The summed E-state index contributed by atoms with van der Waals surface area (Å²) in [7, 11) is 0. The Morgan fingerprint density at radius 3 is 2.33 bits per heavy atom. The molecule has 0 aliphatic rings. The van der Waals surface area contributed by atoms with Gasteiger partial charge in [-0.1, -0.05) is 11.6 Å². The van der Waals surface area contributed by atoms with Crippen molar-refractivity contribution in [1.29, 1.82) is 0 Å². The average molecular weight is 381 g/mol.